The summed E-state index contributed by atoms with van der Waals surface area (Å²) in [4.78, 5) is 2.31. The third kappa shape index (κ3) is 4.11. The third-order valence-corrected chi connectivity index (χ3v) is 2.77. The molecule has 0 bridgehead atoms. The van der Waals surface area contributed by atoms with Gasteiger partial charge >= 0.3 is 0 Å². The summed E-state index contributed by atoms with van der Waals surface area (Å²) in [6.07, 6.45) is 0. The van der Waals surface area contributed by atoms with Gasteiger partial charge in [0.1, 0.15) is 0 Å². The number of nitrogens with two attached hydrogens (primary N) is 1. The Morgan fingerprint density at radius 1 is 1.31 bits per heavy atom. The maximum Gasteiger partial charge on any atom is 0.0363 e. The number of nitrogens with one attached hydrogen (secondary N) is 1. The lowest BCUT2D eigenvalue weighted by Crippen LogP contribution is -2.31. The Hall–Kier alpha value is -1.22. The van der Waals surface area contributed by atoms with Crippen molar-refractivity contribution in [1.29, 1.82) is 0 Å². The van der Waals surface area contributed by atoms with Crippen molar-refractivity contribution in [2.75, 3.05) is 31.2 Å². The van der Waals surface area contributed by atoms with E-state index in [0.717, 1.165) is 24.5 Å². The molecule has 3 heteroatoms. The van der Waals surface area contributed by atoms with Crippen LogP contribution in [0.15, 0.2) is 18.2 Å². The summed E-state index contributed by atoms with van der Waals surface area (Å²) in [5, 5.41) is 3.39. The zero-order valence-electron chi connectivity index (χ0n) is 10.7. The van der Waals surface area contributed by atoms with Crippen molar-refractivity contribution in [3.8, 4) is 0 Å². The van der Waals surface area contributed by atoms with Crippen molar-refractivity contribution in [2.24, 2.45) is 0 Å². The molecular formula is C13H23N3. The van der Waals surface area contributed by atoms with Crippen molar-refractivity contribution in [3.63, 3.8) is 0 Å². The fourth-order valence-corrected chi connectivity index (χ4v) is 1.55. The summed E-state index contributed by atoms with van der Waals surface area (Å²) < 4.78 is 0. The summed E-state index contributed by atoms with van der Waals surface area (Å²) >= 11 is 0. The van der Waals surface area contributed by atoms with Gasteiger partial charge in [0, 0.05) is 30.5 Å². The van der Waals surface area contributed by atoms with E-state index in [0.29, 0.717) is 6.04 Å². The van der Waals surface area contributed by atoms with Gasteiger partial charge in [-0.2, -0.15) is 0 Å². The van der Waals surface area contributed by atoms with E-state index in [2.05, 4.69) is 44.1 Å². The Labute approximate surface area is 98.6 Å². The first-order chi connectivity index (χ1) is 7.49. The smallest absolute Gasteiger partial charge is 0.0363 e. The van der Waals surface area contributed by atoms with Gasteiger partial charge in [-0.1, -0.05) is 0 Å². The highest BCUT2D eigenvalue weighted by Gasteiger charge is 2.02. The van der Waals surface area contributed by atoms with E-state index in [1.165, 1.54) is 5.56 Å². The number of rotatable bonds is 5. The van der Waals surface area contributed by atoms with Crippen LogP contribution < -0.4 is 11.1 Å². The lowest BCUT2D eigenvalue weighted by Gasteiger charge is -2.21. The minimum absolute atomic E-state index is 0.587. The highest BCUT2D eigenvalue weighted by atomic mass is 15.1. The molecule has 0 spiro atoms. The van der Waals surface area contributed by atoms with Crippen LogP contribution in [-0.2, 0) is 0 Å². The maximum absolute atomic E-state index is 5.79. The quantitative estimate of drug-likeness (QED) is 0.750. The summed E-state index contributed by atoms with van der Waals surface area (Å²) in [7, 11) is 2.14. The summed E-state index contributed by atoms with van der Waals surface area (Å²) in [6, 6.07) is 6.66. The summed E-state index contributed by atoms with van der Waals surface area (Å²) in [6.45, 7) is 8.43. The molecule has 0 heterocycles. The molecule has 0 aliphatic rings. The van der Waals surface area contributed by atoms with Crippen molar-refractivity contribution < 1.29 is 0 Å². The van der Waals surface area contributed by atoms with Crippen LogP contribution in [0.1, 0.15) is 19.4 Å². The Bertz CT molecular complexity index is 314. The number of hydrogen-bond donors (Lipinski definition) is 2. The molecule has 0 unspecified atom stereocenters. The van der Waals surface area contributed by atoms with Crippen LogP contribution in [0, 0.1) is 6.92 Å². The Morgan fingerprint density at radius 3 is 2.56 bits per heavy atom. The number of nitrogen functional groups attached to an aromatic ring is 1. The molecule has 1 rings (SSSR count). The fraction of sp³-hybridized carbons (Fsp3) is 0.538. The predicted molar refractivity (Wildman–Crippen MR) is 71.8 cm³/mol. The van der Waals surface area contributed by atoms with E-state index in [-0.39, 0.29) is 0 Å². The van der Waals surface area contributed by atoms with Gasteiger partial charge < -0.3 is 16.0 Å². The lowest BCUT2D eigenvalue weighted by molar-refractivity contribution is 0.284. The average molecular weight is 221 g/mol. The van der Waals surface area contributed by atoms with Crippen LogP contribution in [0.25, 0.3) is 0 Å². The normalized spacial score (nSPS) is 11.1. The van der Waals surface area contributed by atoms with Crippen molar-refractivity contribution in [2.45, 2.75) is 26.8 Å². The van der Waals surface area contributed by atoms with E-state index in [9.17, 15) is 0 Å². The van der Waals surface area contributed by atoms with E-state index >= 15 is 0 Å². The molecule has 90 valence electrons. The number of benzene rings is 1. The van der Waals surface area contributed by atoms with Gasteiger partial charge in [0.05, 0.1) is 0 Å². The van der Waals surface area contributed by atoms with Crippen LogP contribution in [0.2, 0.25) is 0 Å². The van der Waals surface area contributed by atoms with Crippen molar-refractivity contribution >= 4 is 11.4 Å². The molecule has 3 N–H and O–H groups in total. The predicted octanol–water partition coefficient (Wildman–Crippen LogP) is 2.33. The molecular weight excluding hydrogens is 198 g/mol. The number of nitrogens with zero attached hydrogens (tertiary/aromatic N) is 1. The first-order valence-electron chi connectivity index (χ1n) is 5.80. The summed E-state index contributed by atoms with van der Waals surface area (Å²) in [5.74, 6) is 0. The Kier molecular flexibility index (Phi) is 4.62. The molecule has 16 heavy (non-hydrogen) atoms. The molecule has 0 aromatic heterocycles. The standard InChI is InChI=1S/C13H23N3/c1-10(2)16(4)6-5-15-13-8-11(3)7-12(14)9-13/h7-10,15H,5-6,14H2,1-4H3. The number of hydrogen-bond acceptors (Lipinski definition) is 3. The zero-order chi connectivity index (χ0) is 12.1. The fourth-order valence-electron chi connectivity index (χ4n) is 1.55. The molecule has 0 saturated heterocycles. The molecule has 0 aliphatic carbocycles. The van der Waals surface area contributed by atoms with Crippen LogP contribution in [0.5, 0.6) is 0 Å². The number of likely N-dealkylation sites (N-methyl/N-ethyl adjacent to an activating group) is 1. The van der Waals surface area contributed by atoms with Gasteiger partial charge in [-0.05, 0) is 51.6 Å². The first kappa shape index (κ1) is 12.8. The molecule has 0 radical (unpaired) electrons. The highest BCUT2D eigenvalue weighted by Crippen LogP contribution is 2.15. The van der Waals surface area contributed by atoms with E-state index in [1.807, 2.05) is 12.1 Å². The monoisotopic (exact) mass is 221 g/mol. The van der Waals surface area contributed by atoms with E-state index < -0.39 is 0 Å². The average Bonchev–Trinajstić information content (AvgIpc) is 2.15. The van der Waals surface area contributed by atoms with Crippen LogP contribution in [0.4, 0.5) is 11.4 Å². The SMILES string of the molecule is Cc1cc(N)cc(NCCN(C)C(C)C)c1. The minimum Gasteiger partial charge on any atom is -0.399 e. The number of aryl methyl sites for hydroxylation is 1. The third-order valence-electron chi connectivity index (χ3n) is 2.77. The molecule has 0 amide bonds. The Balaban J connectivity index is 2.43. The molecule has 0 fully saturated rings. The molecule has 0 saturated carbocycles. The van der Waals surface area contributed by atoms with Crippen molar-refractivity contribution in [1.82, 2.24) is 4.90 Å². The maximum atomic E-state index is 5.79. The van der Waals surface area contributed by atoms with Gasteiger partial charge in [0.25, 0.3) is 0 Å². The van der Waals surface area contributed by atoms with Gasteiger partial charge in [-0.25, -0.2) is 0 Å². The summed E-state index contributed by atoms with van der Waals surface area (Å²) in [5.41, 5.74) is 8.91. The second kappa shape index (κ2) is 5.75. The highest BCUT2D eigenvalue weighted by molar-refractivity contribution is 5.56. The van der Waals surface area contributed by atoms with Gasteiger partial charge in [0.15, 0.2) is 0 Å². The second-order valence-corrected chi connectivity index (χ2v) is 4.63. The lowest BCUT2D eigenvalue weighted by atomic mass is 10.2. The van der Waals surface area contributed by atoms with E-state index in [1.54, 1.807) is 0 Å². The van der Waals surface area contributed by atoms with E-state index in [4.69, 9.17) is 5.73 Å². The minimum atomic E-state index is 0.587. The molecule has 0 atom stereocenters. The largest absolute Gasteiger partial charge is 0.399 e. The van der Waals surface area contributed by atoms with Gasteiger partial charge in [-0.15, -0.1) is 0 Å². The molecule has 1 aromatic rings. The zero-order valence-corrected chi connectivity index (χ0v) is 10.7. The Morgan fingerprint density at radius 2 is 2.00 bits per heavy atom. The van der Waals surface area contributed by atoms with Crippen LogP contribution in [0.3, 0.4) is 0 Å². The van der Waals surface area contributed by atoms with Crippen molar-refractivity contribution in [3.05, 3.63) is 23.8 Å². The van der Waals surface area contributed by atoms with Crippen LogP contribution >= 0.6 is 0 Å². The molecule has 3 nitrogen and oxygen atoms in total. The van der Waals surface area contributed by atoms with Crippen LogP contribution in [-0.4, -0.2) is 31.1 Å². The molecule has 1 aromatic carbocycles. The first-order valence-corrected chi connectivity index (χ1v) is 5.80. The topological polar surface area (TPSA) is 41.3 Å². The number of anilines is 2. The van der Waals surface area contributed by atoms with Gasteiger partial charge in [-0.3, -0.25) is 0 Å². The second-order valence-electron chi connectivity index (χ2n) is 4.63. The van der Waals surface area contributed by atoms with Gasteiger partial charge in [0.2, 0.25) is 0 Å². The molecule has 0 aliphatic heterocycles.